The summed E-state index contributed by atoms with van der Waals surface area (Å²) in [5.74, 6) is 0.573. The van der Waals surface area contributed by atoms with E-state index in [9.17, 15) is 0 Å². The van der Waals surface area contributed by atoms with Crippen LogP contribution in [0, 0.1) is 19.8 Å². The third-order valence-electron chi connectivity index (χ3n) is 3.88. The fourth-order valence-electron chi connectivity index (χ4n) is 2.88. The van der Waals surface area contributed by atoms with Crippen LogP contribution >= 0.6 is 0 Å². The van der Waals surface area contributed by atoms with Gasteiger partial charge in [0.05, 0.1) is 6.61 Å². The van der Waals surface area contributed by atoms with Gasteiger partial charge in [-0.15, -0.1) is 0 Å². The van der Waals surface area contributed by atoms with E-state index in [1.807, 2.05) is 0 Å². The first-order valence-electron chi connectivity index (χ1n) is 7.47. The Morgan fingerprint density at radius 1 is 1.42 bits per heavy atom. The van der Waals surface area contributed by atoms with Crippen LogP contribution in [0.25, 0.3) is 0 Å². The monoisotopic (exact) mass is 262 g/mol. The van der Waals surface area contributed by atoms with E-state index in [-0.39, 0.29) is 0 Å². The summed E-state index contributed by atoms with van der Waals surface area (Å²) in [6, 6.07) is 4.74. The van der Waals surface area contributed by atoms with Crippen LogP contribution in [-0.2, 0) is 4.74 Å². The molecule has 1 aromatic rings. The number of nitrogens with zero attached hydrogens (tertiary/aromatic N) is 1. The highest BCUT2D eigenvalue weighted by Crippen LogP contribution is 2.30. The standard InChI is InChI=1S/C16H26N2O/c1-4-9-17-16(14-6-5-10-19-11-14)15-8-7-12(2)18-13(15)3/h7-8,14,16-17H,4-6,9-11H2,1-3H3. The van der Waals surface area contributed by atoms with Gasteiger partial charge in [0.15, 0.2) is 0 Å². The zero-order valence-electron chi connectivity index (χ0n) is 12.4. The lowest BCUT2D eigenvalue weighted by atomic mass is 9.88. The fourth-order valence-corrected chi connectivity index (χ4v) is 2.88. The Morgan fingerprint density at radius 2 is 2.26 bits per heavy atom. The summed E-state index contributed by atoms with van der Waals surface area (Å²) in [6.07, 6.45) is 3.57. The Balaban J connectivity index is 2.19. The normalized spacial score (nSPS) is 21.3. The number of hydrogen-bond donors (Lipinski definition) is 1. The number of rotatable bonds is 5. The minimum Gasteiger partial charge on any atom is -0.381 e. The second-order valence-electron chi connectivity index (χ2n) is 5.54. The summed E-state index contributed by atoms with van der Waals surface area (Å²) < 4.78 is 5.67. The number of pyridine rings is 1. The third-order valence-corrected chi connectivity index (χ3v) is 3.88. The second-order valence-corrected chi connectivity index (χ2v) is 5.54. The van der Waals surface area contributed by atoms with Crippen molar-refractivity contribution in [1.82, 2.24) is 10.3 Å². The van der Waals surface area contributed by atoms with Gasteiger partial charge in [-0.25, -0.2) is 0 Å². The van der Waals surface area contributed by atoms with Crippen molar-refractivity contribution in [2.75, 3.05) is 19.8 Å². The number of aryl methyl sites for hydroxylation is 2. The molecule has 2 rings (SSSR count). The van der Waals surface area contributed by atoms with Gasteiger partial charge < -0.3 is 10.1 Å². The summed E-state index contributed by atoms with van der Waals surface area (Å²) in [4.78, 5) is 4.62. The first kappa shape index (κ1) is 14.5. The van der Waals surface area contributed by atoms with Crippen molar-refractivity contribution in [2.45, 2.75) is 46.1 Å². The predicted molar refractivity (Wildman–Crippen MR) is 78.3 cm³/mol. The fraction of sp³-hybridized carbons (Fsp3) is 0.688. The molecule has 106 valence electrons. The maximum absolute atomic E-state index is 5.67. The molecule has 2 unspecified atom stereocenters. The maximum Gasteiger partial charge on any atom is 0.0512 e. The third kappa shape index (κ3) is 3.77. The van der Waals surface area contributed by atoms with Crippen molar-refractivity contribution in [3.63, 3.8) is 0 Å². The van der Waals surface area contributed by atoms with Crippen LogP contribution in [0.5, 0.6) is 0 Å². The van der Waals surface area contributed by atoms with E-state index in [0.717, 1.165) is 37.6 Å². The molecule has 19 heavy (non-hydrogen) atoms. The molecule has 0 spiro atoms. The van der Waals surface area contributed by atoms with E-state index < -0.39 is 0 Å². The van der Waals surface area contributed by atoms with Crippen LogP contribution < -0.4 is 5.32 Å². The highest BCUT2D eigenvalue weighted by molar-refractivity contribution is 5.26. The highest BCUT2D eigenvalue weighted by Gasteiger charge is 2.26. The molecule has 0 amide bonds. The number of ether oxygens (including phenoxy) is 1. The molecule has 0 aliphatic carbocycles. The molecule has 1 aliphatic heterocycles. The van der Waals surface area contributed by atoms with Crippen molar-refractivity contribution >= 4 is 0 Å². The van der Waals surface area contributed by atoms with Crippen LogP contribution in [0.2, 0.25) is 0 Å². The smallest absolute Gasteiger partial charge is 0.0512 e. The number of hydrogen-bond acceptors (Lipinski definition) is 3. The summed E-state index contributed by atoms with van der Waals surface area (Å²) in [7, 11) is 0. The van der Waals surface area contributed by atoms with Gasteiger partial charge in [0.25, 0.3) is 0 Å². The topological polar surface area (TPSA) is 34.2 Å². The SMILES string of the molecule is CCCNC(c1ccc(C)nc1C)C1CCCOC1. The lowest BCUT2D eigenvalue weighted by Crippen LogP contribution is -2.34. The molecule has 1 saturated heterocycles. The van der Waals surface area contributed by atoms with Crippen molar-refractivity contribution in [3.8, 4) is 0 Å². The van der Waals surface area contributed by atoms with Crippen molar-refractivity contribution in [3.05, 3.63) is 29.1 Å². The Labute approximate surface area is 116 Å². The van der Waals surface area contributed by atoms with Crippen molar-refractivity contribution in [1.29, 1.82) is 0 Å². The lowest BCUT2D eigenvalue weighted by molar-refractivity contribution is 0.0389. The summed E-state index contributed by atoms with van der Waals surface area (Å²) >= 11 is 0. The molecule has 2 heterocycles. The molecule has 0 bridgehead atoms. The zero-order chi connectivity index (χ0) is 13.7. The Kier molecular flexibility index (Phi) is 5.34. The molecule has 1 N–H and O–H groups in total. The van der Waals surface area contributed by atoms with Gasteiger partial charge in [-0.1, -0.05) is 13.0 Å². The highest BCUT2D eigenvalue weighted by atomic mass is 16.5. The quantitative estimate of drug-likeness (QED) is 0.885. The van der Waals surface area contributed by atoms with Gasteiger partial charge in [-0.05, 0) is 51.3 Å². The Hall–Kier alpha value is -0.930. The summed E-state index contributed by atoms with van der Waals surface area (Å²) in [5, 5.41) is 3.70. The zero-order valence-corrected chi connectivity index (χ0v) is 12.4. The van der Waals surface area contributed by atoms with Gasteiger partial charge in [0, 0.05) is 30.0 Å². The largest absolute Gasteiger partial charge is 0.381 e. The van der Waals surface area contributed by atoms with Crippen LogP contribution in [0.15, 0.2) is 12.1 Å². The molecule has 0 aromatic carbocycles. The molecule has 3 nitrogen and oxygen atoms in total. The summed E-state index contributed by atoms with van der Waals surface area (Å²) in [5.41, 5.74) is 3.59. The van der Waals surface area contributed by atoms with Crippen molar-refractivity contribution in [2.24, 2.45) is 5.92 Å². The van der Waals surface area contributed by atoms with Gasteiger partial charge in [-0.3, -0.25) is 4.98 Å². The number of aromatic nitrogens is 1. The molecular formula is C16H26N2O. The summed E-state index contributed by atoms with van der Waals surface area (Å²) in [6.45, 7) is 9.22. The van der Waals surface area contributed by atoms with E-state index >= 15 is 0 Å². The van der Waals surface area contributed by atoms with Gasteiger partial charge in [0.1, 0.15) is 0 Å². The van der Waals surface area contributed by atoms with E-state index in [4.69, 9.17) is 4.74 Å². The van der Waals surface area contributed by atoms with Gasteiger partial charge in [0.2, 0.25) is 0 Å². The van der Waals surface area contributed by atoms with Gasteiger partial charge >= 0.3 is 0 Å². The minimum atomic E-state index is 0.383. The van der Waals surface area contributed by atoms with Crippen molar-refractivity contribution < 1.29 is 4.74 Å². The minimum absolute atomic E-state index is 0.383. The van der Waals surface area contributed by atoms with E-state index in [1.54, 1.807) is 0 Å². The first-order chi connectivity index (χ1) is 9.22. The molecule has 0 saturated carbocycles. The average Bonchev–Trinajstić information content (AvgIpc) is 2.42. The molecule has 3 heteroatoms. The lowest BCUT2D eigenvalue weighted by Gasteiger charge is -2.32. The van der Waals surface area contributed by atoms with Gasteiger partial charge in [-0.2, -0.15) is 0 Å². The molecule has 1 aliphatic rings. The van der Waals surface area contributed by atoms with Crippen LogP contribution in [0.4, 0.5) is 0 Å². The predicted octanol–water partition coefficient (Wildman–Crippen LogP) is 3.17. The second kappa shape index (κ2) is 7.01. The Morgan fingerprint density at radius 3 is 2.89 bits per heavy atom. The molecule has 1 fully saturated rings. The Bertz CT molecular complexity index is 400. The molecule has 2 atom stereocenters. The van der Waals surface area contributed by atoms with Crippen LogP contribution in [0.1, 0.15) is 49.2 Å². The molecule has 1 aromatic heterocycles. The number of nitrogens with one attached hydrogen (secondary N) is 1. The van der Waals surface area contributed by atoms with Crippen LogP contribution in [0.3, 0.4) is 0 Å². The molecule has 0 radical (unpaired) electrons. The molecular weight excluding hydrogens is 236 g/mol. The van der Waals surface area contributed by atoms with E-state index in [2.05, 4.69) is 43.2 Å². The maximum atomic E-state index is 5.67. The first-order valence-corrected chi connectivity index (χ1v) is 7.47. The average molecular weight is 262 g/mol. The van der Waals surface area contributed by atoms with Crippen LogP contribution in [-0.4, -0.2) is 24.7 Å². The van der Waals surface area contributed by atoms with E-state index in [0.29, 0.717) is 12.0 Å². The van der Waals surface area contributed by atoms with E-state index in [1.165, 1.54) is 18.4 Å².